The lowest BCUT2D eigenvalue weighted by molar-refractivity contribution is -0.149. The summed E-state index contributed by atoms with van der Waals surface area (Å²) in [5.41, 5.74) is -0.430. The molecule has 16 heavy (non-hydrogen) atoms. The van der Waals surface area contributed by atoms with Crippen LogP contribution in [0.4, 0.5) is 0 Å². The quantitative estimate of drug-likeness (QED) is 0.745. The number of ether oxygens (including phenoxy) is 1. The minimum atomic E-state index is -0.430. The highest BCUT2D eigenvalue weighted by Gasteiger charge is 2.36. The van der Waals surface area contributed by atoms with Gasteiger partial charge in [0.25, 0.3) is 0 Å². The first kappa shape index (κ1) is 13.0. The molecule has 1 unspecified atom stereocenters. The van der Waals surface area contributed by atoms with E-state index in [-0.39, 0.29) is 24.4 Å². The summed E-state index contributed by atoms with van der Waals surface area (Å²) in [6, 6.07) is -0.365. The number of nitrogens with one attached hydrogen (secondary N) is 1. The molecule has 92 valence electrons. The molecule has 0 saturated carbocycles. The molecule has 1 atom stereocenters. The van der Waals surface area contributed by atoms with Gasteiger partial charge in [-0.3, -0.25) is 9.59 Å². The van der Waals surface area contributed by atoms with Crippen molar-refractivity contribution in [2.24, 2.45) is 0 Å². The molecule has 0 aliphatic carbocycles. The van der Waals surface area contributed by atoms with Gasteiger partial charge in [-0.25, -0.2) is 0 Å². The molecule has 5 nitrogen and oxygen atoms in total. The molecule has 1 saturated heterocycles. The first-order chi connectivity index (χ1) is 7.41. The maximum atomic E-state index is 11.8. The lowest BCUT2D eigenvalue weighted by Gasteiger charge is -2.38. The lowest BCUT2D eigenvalue weighted by atomic mass is 10.0. The number of rotatable bonds is 4. The van der Waals surface area contributed by atoms with Gasteiger partial charge >= 0.3 is 0 Å². The van der Waals surface area contributed by atoms with Gasteiger partial charge in [0.15, 0.2) is 0 Å². The maximum absolute atomic E-state index is 11.8. The minimum Gasteiger partial charge on any atom is -0.377 e. The Balaban J connectivity index is 2.80. The predicted molar refractivity (Wildman–Crippen MR) is 59.9 cm³/mol. The van der Waals surface area contributed by atoms with E-state index < -0.39 is 5.60 Å². The second-order valence-electron chi connectivity index (χ2n) is 4.63. The van der Waals surface area contributed by atoms with Crippen LogP contribution in [0.2, 0.25) is 0 Å². The smallest absolute Gasteiger partial charge is 0.243 e. The van der Waals surface area contributed by atoms with Gasteiger partial charge in [-0.15, -0.1) is 0 Å². The third kappa shape index (κ3) is 2.72. The molecular formula is C11H20N2O3. The normalized spacial score (nSPS) is 22.2. The molecule has 0 spiro atoms. The Morgan fingerprint density at radius 2 is 2.12 bits per heavy atom. The van der Waals surface area contributed by atoms with Crippen molar-refractivity contribution < 1.29 is 14.3 Å². The molecule has 0 aromatic rings. The summed E-state index contributed by atoms with van der Waals surface area (Å²) in [6.45, 7) is 6.23. The number of methoxy groups -OCH3 is 1. The first-order valence-electron chi connectivity index (χ1n) is 5.53. The average molecular weight is 228 g/mol. The van der Waals surface area contributed by atoms with E-state index >= 15 is 0 Å². The Morgan fingerprint density at radius 1 is 1.50 bits per heavy atom. The Morgan fingerprint density at radius 3 is 2.62 bits per heavy atom. The molecule has 2 amide bonds. The molecule has 1 fully saturated rings. The molecule has 1 aliphatic heterocycles. The van der Waals surface area contributed by atoms with Crippen molar-refractivity contribution in [2.45, 2.75) is 38.8 Å². The highest BCUT2D eigenvalue weighted by Crippen LogP contribution is 2.16. The molecule has 0 aromatic carbocycles. The standard InChI is InChI=1S/C11H20N2O3/c1-5-8-10(15)12-6-9(14)13(8)7-11(2,3)16-4/h8H,5-7H2,1-4H3,(H,12,15). The van der Waals surface area contributed by atoms with Crippen molar-refractivity contribution in [2.75, 3.05) is 20.2 Å². The number of hydrogen-bond donors (Lipinski definition) is 1. The molecule has 0 radical (unpaired) electrons. The summed E-state index contributed by atoms with van der Waals surface area (Å²) >= 11 is 0. The van der Waals surface area contributed by atoms with Crippen LogP contribution in [0.5, 0.6) is 0 Å². The van der Waals surface area contributed by atoms with Crippen molar-refractivity contribution in [3.63, 3.8) is 0 Å². The summed E-state index contributed by atoms with van der Waals surface area (Å²) in [5, 5.41) is 2.60. The van der Waals surface area contributed by atoms with Crippen molar-refractivity contribution in [3.8, 4) is 0 Å². The highest BCUT2D eigenvalue weighted by atomic mass is 16.5. The van der Waals surface area contributed by atoms with Crippen molar-refractivity contribution >= 4 is 11.8 Å². The minimum absolute atomic E-state index is 0.0448. The molecule has 0 aromatic heterocycles. The van der Waals surface area contributed by atoms with Gasteiger partial charge in [-0.2, -0.15) is 0 Å². The van der Waals surface area contributed by atoms with Crippen LogP contribution in [0.1, 0.15) is 27.2 Å². The largest absolute Gasteiger partial charge is 0.377 e. The zero-order valence-corrected chi connectivity index (χ0v) is 10.4. The van der Waals surface area contributed by atoms with E-state index in [2.05, 4.69) is 5.32 Å². The number of carbonyl (C=O) groups excluding carboxylic acids is 2. The topological polar surface area (TPSA) is 58.6 Å². The fourth-order valence-electron chi connectivity index (χ4n) is 1.78. The van der Waals surface area contributed by atoms with Crippen LogP contribution in [-0.2, 0) is 14.3 Å². The van der Waals surface area contributed by atoms with Crippen molar-refractivity contribution in [3.05, 3.63) is 0 Å². The van der Waals surface area contributed by atoms with Crippen LogP contribution in [0, 0.1) is 0 Å². The molecule has 1 aliphatic rings. The number of piperazine rings is 1. The van der Waals surface area contributed by atoms with Gasteiger partial charge in [0, 0.05) is 13.7 Å². The second-order valence-corrected chi connectivity index (χ2v) is 4.63. The SMILES string of the molecule is CCC1C(=O)NCC(=O)N1CC(C)(C)OC. The zero-order chi connectivity index (χ0) is 12.3. The van der Waals surface area contributed by atoms with E-state index in [9.17, 15) is 9.59 Å². The van der Waals surface area contributed by atoms with E-state index in [0.29, 0.717) is 13.0 Å². The van der Waals surface area contributed by atoms with Crippen LogP contribution in [0.25, 0.3) is 0 Å². The molecule has 0 bridgehead atoms. The first-order valence-corrected chi connectivity index (χ1v) is 5.53. The van der Waals surface area contributed by atoms with Gasteiger partial charge in [0.05, 0.1) is 12.1 Å². The predicted octanol–water partition coefficient (Wildman–Crippen LogP) is 0.148. The fraction of sp³-hybridized carbons (Fsp3) is 0.818. The summed E-state index contributed by atoms with van der Waals surface area (Å²) < 4.78 is 5.29. The summed E-state index contributed by atoms with van der Waals surface area (Å²) in [4.78, 5) is 25.0. The van der Waals surface area contributed by atoms with Crippen LogP contribution in [-0.4, -0.2) is 48.6 Å². The molecular weight excluding hydrogens is 208 g/mol. The second kappa shape index (κ2) is 4.82. The van der Waals surface area contributed by atoms with Gasteiger partial charge in [-0.05, 0) is 20.3 Å². The number of carbonyl (C=O) groups is 2. The zero-order valence-electron chi connectivity index (χ0n) is 10.4. The summed E-state index contributed by atoms with van der Waals surface area (Å²) in [6.07, 6.45) is 0.622. The monoisotopic (exact) mass is 228 g/mol. The highest BCUT2D eigenvalue weighted by molar-refractivity contribution is 5.94. The number of nitrogens with zero attached hydrogens (tertiary/aromatic N) is 1. The number of hydrogen-bond acceptors (Lipinski definition) is 3. The Kier molecular flexibility index (Phi) is 3.91. The Hall–Kier alpha value is -1.10. The van der Waals surface area contributed by atoms with E-state index in [0.717, 1.165) is 0 Å². The molecule has 5 heteroatoms. The van der Waals surface area contributed by atoms with Gasteiger partial charge in [0.2, 0.25) is 11.8 Å². The van der Waals surface area contributed by atoms with Gasteiger partial charge in [0.1, 0.15) is 6.04 Å². The van der Waals surface area contributed by atoms with Crippen molar-refractivity contribution in [1.82, 2.24) is 10.2 Å². The summed E-state index contributed by atoms with van der Waals surface area (Å²) in [5.74, 6) is -0.120. The Bertz CT molecular complexity index is 289. The average Bonchev–Trinajstić information content (AvgIpc) is 2.24. The van der Waals surface area contributed by atoms with Crippen LogP contribution in [0.3, 0.4) is 0 Å². The number of amides is 2. The fourth-order valence-corrected chi connectivity index (χ4v) is 1.78. The van der Waals surface area contributed by atoms with Crippen molar-refractivity contribution in [1.29, 1.82) is 0 Å². The van der Waals surface area contributed by atoms with Gasteiger partial charge < -0.3 is 15.0 Å². The molecule has 1 heterocycles. The lowest BCUT2D eigenvalue weighted by Crippen LogP contribution is -2.60. The van der Waals surface area contributed by atoms with E-state index in [1.165, 1.54) is 0 Å². The third-order valence-electron chi connectivity index (χ3n) is 2.90. The van der Waals surface area contributed by atoms with E-state index in [4.69, 9.17) is 4.74 Å². The van der Waals surface area contributed by atoms with E-state index in [1.54, 1.807) is 12.0 Å². The van der Waals surface area contributed by atoms with Crippen LogP contribution < -0.4 is 5.32 Å². The third-order valence-corrected chi connectivity index (χ3v) is 2.90. The Labute approximate surface area is 96.1 Å². The molecule has 1 N–H and O–H groups in total. The van der Waals surface area contributed by atoms with E-state index in [1.807, 2.05) is 20.8 Å². The summed E-state index contributed by atoms with van der Waals surface area (Å²) in [7, 11) is 1.61. The van der Waals surface area contributed by atoms with Crippen LogP contribution >= 0.6 is 0 Å². The van der Waals surface area contributed by atoms with Crippen LogP contribution in [0.15, 0.2) is 0 Å². The molecule has 1 rings (SSSR count). The maximum Gasteiger partial charge on any atom is 0.243 e. The van der Waals surface area contributed by atoms with Gasteiger partial charge in [-0.1, -0.05) is 6.92 Å².